The molecule has 1 amide bonds. The molecular weight excluding hydrogens is 311 g/mol. The highest BCUT2D eigenvalue weighted by Crippen LogP contribution is 2.22. The van der Waals surface area contributed by atoms with Crippen LogP contribution in [-0.2, 0) is 11.2 Å². The van der Waals surface area contributed by atoms with E-state index in [1.807, 2.05) is 6.92 Å². The molecule has 1 aromatic carbocycles. The van der Waals surface area contributed by atoms with E-state index in [1.54, 1.807) is 6.92 Å². The maximum atomic E-state index is 12.2. The molecule has 7 heteroatoms. The lowest BCUT2D eigenvalue weighted by atomic mass is 9.98. The fraction of sp³-hybridized carbons (Fsp3) is 0.500. The quantitative estimate of drug-likeness (QED) is 0.804. The van der Waals surface area contributed by atoms with Gasteiger partial charge in [0.1, 0.15) is 6.04 Å². The zero-order chi connectivity index (χ0) is 17.6. The number of carbonyl (C=O) groups excluding carboxylic acids is 1. The van der Waals surface area contributed by atoms with Crippen LogP contribution in [0, 0.1) is 5.92 Å². The van der Waals surface area contributed by atoms with E-state index in [2.05, 4.69) is 5.32 Å². The van der Waals surface area contributed by atoms with Crippen LogP contribution in [-0.4, -0.2) is 29.2 Å². The molecule has 1 rings (SSSR count). The van der Waals surface area contributed by atoms with Gasteiger partial charge in [-0.1, -0.05) is 32.4 Å². The molecule has 0 aliphatic carbocycles. The van der Waals surface area contributed by atoms with Gasteiger partial charge in [-0.3, -0.25) is 4.79 Å². The number of amides is 1. The predicted octanol–water partition coefficient (Wildman–Crippen LogP) is 3.41. The summed E-state index contributed by atoms with van der Waals surface area (Å²) in [5.41, 5.74) is 0.686. The van der Waals surface area contributed by atoms with Gasteiger partial charge in [-0.25, -0.2) is 4.79 Å². The van der Waals surface area contributed by atoms with Crippen molar-refractivity contribution in [3.8, 4) is 0 Å². The van der Waals surface area contributed by atoms with Gasteiger partial charge in [-0.2, -0.15) is 13.2 Å². The standard InChI is InChI=1S/C16H20F3NO3/c1-3-10(2)13(15(22)23)20-14(21)12-6-4-11(5-7-12)8-9-16(17,18)19/h4-7,10,13H,3,8-9H2,1-2H3,(H,20,21)(H,22,23)/t10-,13-/m0/s1. The first kappa shape index (κ1) is 19.0. The molecule has 0 spiro atoms. The monoisotopic (exact) mass is 331 g/mol. The molecular formula is C16H20F3NO3. The molecule has 0 aliphatic heterocycles. The molecule has 0 aliphatic rings. The molecule has 0 radical (unpaired) electrons. The van der Waals surface area contributed by atoms with Crippen molar-refractivity contribution in [1.82, 2.24) is 5.32 Å². The van der Waals surface area contributed by atoms with E-state index in [0.29, 0.717) is 12.0 Å². The number of carboxylic acids is 1. The van der Waals surface area contributed by atoms with Crippen molar-refractivity contribution < 1.29 is 27.9 Å². The third-order valence-corrected chi connectivity index (χ3v) is 3.68. The molecule has 2 atom stereocenters. The number of nitrogens with one attached hydrogen (secondary N) is 1. The number of hydrogen-bond acceptors (Lipinski definition) is 2. The molecule has 0 saturated carbocycles. The molecule has 128 valence electrons. The second-order valence-corrected chi connectivity index (χ2v) is 5.49. The lowest BCUT2D eigenvalue weighted by Crippen LogP contribution is -2.45. The smallest absolute Gasteiger partial charge is 0.389 e. The summed E-state index contributed by atoms with van der Waals surface area (Å²) in [6, 6.07) is 4.68. The van der Waals surface area contributed by atoms with E-state index in [0.717, 1.165) is 0 Å². The Morgan fingerprint density at radius 1 is 1.22 bits per heavy atom. The average molecular weight is 331 g/mol. The van der Waals surface area contributed by atoms with Gasteiger partial charge in [0.05, 0.1) is 0 Å². The molecule has 0 bridgehead atoms. The molecule has 1 aromatic rings. The van der Waals surface area contributed by atoms with Crippen LogP contribution in [0.25, 0.3) is 0 Å². The van der Waals surface area contributed by atoms with Gasteiger partial charge >= 0.3 is 12.1 Å². The Morgan fingerprint density at radius 2 is 1.78 bits per heavy atom. The number of carboxylic acid groups (broad SMARTS) is 1. The van der Waals surface area contributed by atoms with Gasteiger partial charge in [0.2, 0.25) is 0 Å². The number of carbonyl (C=O) groups is 2. The van der Waals surface area contributed by atoms with Gasteiger partial charge in [0.25, 0.3) is 5.91 Å². The Hall–Kier alpha value is -2.05. The predicted molar refractivity (Wildman–Crippen MR) is 79.2 cm³/mol. The van der Waals surface area contributed by atoms with Crippen LogP contribution in [0.5, 0.6) is 0 Å². The number of aliphatic carboxylic acids is 1. The normalized spacial score (nSPS) is 14.1. The SMILES string of the molecule is CC[C@H](C)[C@H](NC(=O)c1ccc(CCC(F)(F)F)cc1)C(=O)O. The Balaban J connectivity index is 2.71. The summed E-state index contributed by atoms with van der Waals surface area (Å²) in [5.74, 6) is -1.91. The van der Waals surface area contributed by atoms with Crippen LogP contribution < -0.4 is 5.32 Å². The van der Waals surface area contributed by atoms with Crippen molar-refractivity contribution >= 4 is 11.9 Å². The number of alkyl halides is 3. The van der Waals surface area contributed by atoms with Crippen molar-refractivity contribution in [3.05, 3.63) is 35.4 Å². The number of halogens is 3. The van der Waals surface area contributed by atoms with Crippen LogP contribution in [0.15, 0.2) is 24.3 Å². The highest BCUT2D eigenvalue weighted by atomic mass is 19.4. The van der Waals surface area contributed by atoms with Crippen LogP contribution in [0.2, 0.25) is 0 Å². The van der Waals surface area contributed by atoms with Crippen molar-refractivity contribution in [2.45, 2.75) is 45.3 Å². The summed E-state index contributed by atoms with van der Waals surface area (Å²) in [5, 5.41) is 11.6. The first-order chi connectivity index (χ1) is 10.6. The minimum absolute atomic E-state index is 0.157. The topological polar surface area (TPSA) is 66.4 Å². The molecule has 0 heterocycles. The van der Waals surface area contributed by atoms with Crippen LogP contribution in [0.3, 0.4) is 0 Å². The maximum Gasteiger partial charge on any atom is 0.389 e. The zero-order valence-electron chi connectivity index (χ0n) is 13.0. The van der Waals surface area contributed by atoms with Crippen molar-refractivity contribution in [2.24, 2.45) is 5.92 Å². The van der Waals surface area contributed by atoms with Crippen LogP contribution in [0.1, 0.15) is 42.6 Å². The molecule has 23 heavy (non-hydrogen) atoms. The van der Waals surface area contributed by atoms with Gasteiger partial charge in [0.15, 0.2) is 0 Å². The van der Waals surface area contributed by atoms with Gasteiger partial charge in [-0.15, -0.1) is 0 Å². The molecule has 0 fully saturated rings. The lowest BCUT2D eigenvalue weighted by Gasteiger charge is -2.20. The minimum atomic E-state index is -4.22. The first-order valence-electron chi connectivity index (χ1n) is 7.33. The van der Waals surface area contributed by atoms with E-state index in [1.165, 1.54) is 24.3 Å². The molecule has 0 saturated heterocycles. The Labute approximate surface area is 132 Å². The number of rotatable bonds is 7. The zero-order valence-corrected chi connectivity index (χ0v) is 13.0. The fourth-order valence-electron chi connectivity index (χ4n) is 2.02. The average Bonchev–Trinajstić information content (AvgIpc) is 2.49. The number of aryl methyl sites for hydroxylation is 1. The summed E-state index contributed by atoms with van der Waals surface area (Å²) in [6.07, 6.45) is -4.71. The highest BCUT2D eigenvalue weighted by molar-refractivity contribution is 5.96. The van der Waals surface area contributed by atoms with Crippen LogP contribution >= 0.6 is 0 Å². The second-order valence-electron chi connectivity index (χ2n) is 5.49. The number of hydrogen-bond donors (Lipinski definition) is 2. The molecule has 0 aromatic heterocycles. The molecule has 4 nitrogen and oxygen atoms in total. The van der Waals surface area contributed by atoms with Gasteiger partial charge in [-0.05, 0) is 30.0 Å². The van der Waals surface area contributed by atoms with Gasteiger partial charge in [0, 0.05) is 12.0 Å². The molecule has 2 N–H and O–H groups in total. The highest BCUT2D eigenvalue weighted by Gasteiger charge is 2.27. The van der Waals surface area contributed by atoms with E-state index >= 15 is 0 Å². The summed E-state index contributed by atoms with van der Waals surface area (Å²) >= 11 is 0. The largest absolute Gasteiger partial charge is 0.480 e. The Bertz CT molecular complexity index is 540. The number of benzene rings is 1. The van der Waals surface area contributed by atoms with E-state index in [-0.39, 0.29) is 17.9 Å². The first-order valence-corrected chi connectivity index (χ1v) is 7.33. The summed E-state index contributed by atoms with van der Waals surface area (Å²) < 4.78 is 36.5. The Kier molecular flexibility index (Phi) is 6.60. The van der Waals surface area contributed by atoms with Crippen molar-refractivity contribution in [2.75, 3.05) is 0 Å². The summed E-state index contributed by atoms with van der Waals surface area (Å²) in [6.45, 7) is 3.54. The maximum absolute atomic E-state index is 12.2. The van der Waals surface area contributed by atoms with Crippen molar-refractivity contribution in [1.29, 1.82) is 0 Å². The fourth-order valence-corrected chi connectivity index (χ4v) is 2.02. The van der Waals surface area contributed by atoms with Crippen LogP contribution in [0.4, 0.5) is 13.2 Å². The lowest BCUT2D eigenvalue weighted by molar-refractivity contribution is -0.140. The van der Waals surface area contributed by atoms with E-state index in [4.69, 9.17) is 5.11 Å². The minimum Gasteiger partial charge on any atom is -0.480 e. The van der Waals surface area contributed by atoms with E-state index < -0.39 is 30.5 Å². The van der Waals surface area contributed by atoms with Gasteiger partial charge < -0.3 is 10.4 Å². The second kappa shape index (κ2) is 7.99. The third-order valence-electron chi connectivity index (χ3n) is 3.68. The summed E-state index contributed by atoms with van der Waals surface area (Å²) in [7, 11) is 0. The van der Waals surface area contributed by atoms with E-state index in [9.17, 15) is 22.8 Å². The summed E-state index contributed by atoms with van der Waals surface area (Å²) in [4.78, 5) is 23.2. The molecule has 0 unspecified atom stereocenters. The Morgan fingerprint density at radius 3 is 2.22 bits per heavy atom. The van der Waals surface area contributed by atoms with Crippen molar-refractivity contribution in [3.63, 3.8) is 0 Å². The third kappa shape index (κ3) is 6.30.